The summed E-state index contributed by atoms with van der Waals surface area (Å²) in [6.45, 7) is 11.5. The highest BCUT2D eigenvalue weighted by Gasteiger charge is 2.88. The largest absolute Gasteiger partial charge is 0.462 e. The highest BCUT2D eigenvalue weighted by Crippen LogP contribution is 2.78. The molecule has 0 radical (unpaired) electrons. The smallest absolute Gasteiger partial charge is 0.339 e. The molecule has 1 spiro atoms. The molecule has 2 saturated heterocycles. The Hall–Kier alpha value is -2.52. The number of ether oxygens (including phenoxy) is 3. The van der Waals surface area contributed by atoms with Crippen LogP contribution in [-0.2, 0) is 33.4 Å². The molecule has 0 aromatic heterocycles. The molecule has 3 aliphatic heterocycles. The minimum absolute atomic E-state index is 0.0542. The number of epoxide rings is 1. The van der Waals surface area contributed by atoms with Gasteiger partial charge in [0.25, 0.3) is 5.91 Å². The fourth-order valence-corrected chi connectivity index (χ4v) is 9.46. The van der Waals surface area contributed by atoms with Crippen LogP contribution in [0, 0.1) is 33.5 Å². The number of fused-ring (bicyclic) bond motifs is 3. The third kappa shape index (κ3) is 2.72. The molecule has 37 heavy (non-hydrogen) atoms. The van der Waals surface area contributed by atoms with Crippen LogP contribution >= 0.6 is 0 Å². The van der Waals surface area contributed by atoms with Crippen molar-refractivity contribution in [2.75, 3.05) is 0 Å². The topological polar surface area (TPSA) is 132 Å². The van der Waals surface area contributed by atoms with Gasteiger partial charge in [-0.05, 0) is 48.7 Å². The van der Waals surface area contributed by atoms with Crippen LogP contribution in [0.15, 0.2) is 23.8 Å². The number of carbonyl (C=O) groups excluding carboxylic acids is 4. The molecule has 10 atom stereocenters. The Morgan fingerprint density at radius 3 is 2.43 bits per heavy atom. The van der Waals surface area contributed by atoms with Crippen molar-refractivity contribution < 1.29 is 38.5 Å². The minimum Gasteiger partial charge on any atom is -0.462 e. The lowest BCUT2D eigenvalue weighted by Crippen LogP contribution is -2.74. The zero-order valence-corrected chi connectivity index (χ0v) is 22.1. The fraction of sp³-hybridized carbons (Fsp3) is 0.714. The predicted molar refractivity (Wildman–Crippen MR) is 128 cm³/mol. The average molecular weight is 514 g/mol. The molecular formula is C28H35NO8. The van der Waals surface area contributed by atoms with Gasteiger partial charge >= 0.3 is 11.9 Å². The number of esters is 2. The van der Waals surface area contributed by atoms with Crippen LogP contribution in [0.5, 0.6) is 0 Å². The van der Waals surface area contributed by atoms with E-state index in [1.165, 1.54) is 13.0 Å². The molecule has 9 heteroatoms. The van der Waals surface area contributed by atoms with E-state index in [4.69, 9.17) is 14.2 Å². The summed E-state index contributed by atoms with van der Waals surface area (Å²) < 4.78 is 18.4. The Balaban J connectivity index is 1.54. The van der Waals surface area contributed by atoms with Gasteiger partial charge in [0.1, 0.15) is 24.0 Å². The molecule has 0 aromatic rings. The number of carbonyl (C=O) groups is 4. The van der Waals surface area contributed by atoms with Crippen LogP contribution in [0.4, 0.5) is 0 Å². The Bertz CT molecular complexity index is 1200. The van der Waals surface area contributed by atoms with E-state index < -0.39 is 69.6 Å². The van der Waals surface area contributed by atoms with E-state index >= 15 is 0 Å². The van der Waals surface area contributed by atoms with Gasteiger partial charge < -0.3 is 24.6 Å². The summed E-state index contributed by atoms with van der Waals surface area (Å²) in [5, 5.41) is 12.5. The van der Waals surface area contributed by atoms with E-state index in [2.05, 4.69) is 19.2 Å². The summed E-state index contributed by atoms with van der Waals surface area (Å²) in [5.41, 5.74) is -3.52. The maximum absolute atomic E-state index is 13.3. The number of rotatable bonds is 2. The molecule has 9 nitrogen and oxygen atoms in total. The van der Waals surface area contributed by atoms with Gasteiger partial charge in [-0.25, -0.2) is 4.79 Å². The van der Waals surface area contributed by atoms with Crippen LogP contribution in [0.25, 0.3) is 0 Å². The molecule has 0 aromatic carbocycles. The number of nitrogens with one attached hydrogen (secondary N) is 1. The number of aliphatic hydroxyl groups is 1. The van der Waals surface area contributed by atoms with Gasteiger partial charge in [0, 0.05) is 23.2 Å². The second kappa shape index (κ2) is 7.11. The van der Waals surface area contributed by atoms with Crippen LogP contribution in [0.3, 0.4) is 0 Å². The number of allylic oxidation sites excluding steroid dienone is 2. The summed E-state index contributed by atoms with van der Waals surface area (Å²) >= 11 is 0. The van der Waals surface area contributed by atoms with Crippen molar-refractivity contribution in [2.24, 2.45) is 33.5 Å². The molecule has 2 saturated carbocycles. The van der Waals surface area contributed by atoms with Gasteiger partial charge in [0.05, 0.1) is 5.57 Å². The molecular weight excluding hydrogens is 478 g/mol. The van der Waals surface area contributed by atoms with Crippen molar-refractivity contribution >= 4 is 23.6 Å². The average Bonchev–Trinajstić information content (AvgIpc) is 3.49. The number of amides is 1. The van der Waals surface area contributed by atoms with Crippen LogP contribution in [-0.4, -0.2) is 58.9 Å². The van der Waals surface area contributed by atoms with Gasteiger partial charge in [-0.15, -0.1) is 0 Å². The van der Waals surface area contributed by atoms with E-state index in [0.717, 1.165) is 0 Å². The summed E-state index contributed by atoms with van der Waals surface area (Å²) in [6.07, 6.45) is 3.30. The molecule has 6 aliphatic rings. The third-order valence-corrected chi connectivity index (χ3v) is 11.2. The lowest BCUT2D eigenvalue weighted by atomic mass is 9.35. The first-order valence-electron chi connectivity index (χ1n) is 13.1. The first kappa shape index (κ1) is 24.8. The molecule has 4 fully saturated rings. The predicted octanol–water partition coefficient (Wildman–Crippen LogP) is 1.97. The second-order valence-electron chi connectivity index (χ2n) is 13.1. The quantitative estimate of drug-likeness (QED) is 0.423. The molecule has 1 amide bonds. The standard InChI is InChI=1S/C28H35NO8/c1-13(30)35-18-12-16-24(2,3)17(31)8-9-25(16,4)15-7-10-26(5)20(14-11-19(32)29-22(14)33)36-23(34)21-28(26,37-21)27(15,18)6/h8-9,11,15-16,18-21,32H,7,10,12H2,1-6H3,(H,29,33)/t15-,16+,18-,19?,20+,21-,25-,26+,27+,28-/m1/s1. The van der Waals surface area contributed by atoms with Crippen molar-refractivity contribution in [1.82, 2.24) is 5.32 Å². The van der Waals surface area contributed by atoms with Crippen molar-refractivity contribution in [3.05, 3.63) is 23.8 Å². The van der Waals surface area contributed by atoms with Gasteiger partial charge in [-0.3, -0.25) is 14.4 Å². The Morgan fingerprint density at radius 2 is 1.81 bits per heavy atom. The first-order chi connectivity index (χ1) is 17.1. The molecule has 1 unspecified atom stereocenters. The summed E-state index contributed by atoms with van der Waals surface area (Å²) in [4.78, 5) is 51.5. The van der Waals surface area contributed by atoms with E-state index in [0.29, 0.717) is 19.3 Å². The van der Waals surface area contributed by atoms with Crippen LogP contribution in [0.1, 0.15) is 60.8 Å². The summed E-state index contributed by atoms with van der Waals surface area (Å²) in [7, 11) is 0. The lowest BCUT2D eigenvalue weighted by molar-refractivity contribution is -0.247. The Kier molecular flexibility index (Phi) is 4.77. The highest BCUT2D eigenvalue weighted by molar-refractivity contribution is 5.98. The second-order valence-corrected chi connectivity index (χ2v) is 13.1. The molecule has 200 valence electrons. The fourth-order valence-electron chi connectivity index (χ4n) is 9.46. The van der Waals surface area contributed by atoms with E-state index in [1.807, 2.05) is 26.8 Å². The van der Waals surface area contributed by atoms with Crippen molar-refractivity contribution in [3.63, 3.8) is 0 Å². The van der Waals surface area contributed by atoms with Crippen molar-refractivity contribution in [3.8, 4) is 0 Å². The Labute approximate surface area is 216 Å². The minimum atomic E-state index is -1.15. The van der Waals surface area contributed by atoms with E-state index in [1.54, 1.807) is 6.08 Å². The maximum Gasteiger partial charge on any atom is 0.339 e. The highest BCUT2D eigenvalue weighted by atomic mass is 16.7. The van der Waals surface area contributed by atoms with E-state index in [9.17, 15) is 24.3 Å². The first-order valence-corrected chi connectivity index (χ1v) is 13.1. The van der Waals surface area contributed by atoms with E-state index in [-0.39, 0.29) is 23.2 Å². The number of aliphatic hydroxyl groups excluding tert-OH is 1. The summed E-state index contributed by atoms with van der Waals surface area (Å²) in [6, 6.07) is 0. The molecule has 3 aliphatic carbocycles. The summed E-state index contributed by atoms with van der Waals surface area (Å²) in [5.74, 6) is -1.56. The van der Waals surface area contributed by atoms with Gasteiger partial charge in [0.2, 0.25) is 0 Å². The zero-order valence-electron chi connectivity index (χ0n) is 22.1. The molecule has 2 N–H and O–H groups in total. The van der Waals surface area contributed by atoms with Crippen molar-refractivity contribution in [1.29, 1.82) is 0 Å². The number of hydrogen-bond acceptors (Lipinski definition) is 8. The maximum atomic E-state index is 13.3. The van der Waals surface area contributed by atoms with Crippen LogP contribution < -0.4 is 5.32 Å². The zero-order chi connectivity index (χ0) is 26.9. The number of cyclic esters (lactones) is 1. The van der Waals surface area contributed by atoms with Gasteiger partial charge in [-0.1, -0.05) is 40.7 Å². The molecule has 3 heterocycles. The Morgan fingerprint density at radius 1 is 1.11 bits per heavy atom. The monoisotopic (exact) mass is 513 g/mol. The van der Waals surface area contributed by atoms with Crippen LogP contribution in [0.2, 0.25) is 0 Å². The third-order valence-electron chi connectivity index (χ3n) is 11.2. The van der Waals surface area contributed by atoms with Gasteiger partial charge in [-0.2, -0.15) is 0 Å². The SMILES string of the molecule is CC(=O)O[C@@H]1C[C@H]2C(C)(C)C(=O)C=C[C@]2(C)[C@H]2CC[C@@]3(C)[C@H](C4=CC(O)NC4=O)OC(=O)[C@H]4O[C@]43[C@@]21C. The molecule has 0 bridgehead atoms. The molecule has 6 rings (SSSR count). The van der Waals surface area contributed by atoms with Crippen molar-refractivity contribution in [2.45, 2.75) is 90.9 Å². The normalized spacial score (nSPS) is 51.0. The number of ketones is 1. The van der Waals surface area contributed by atoms with Gasteiger partial charge in [0.15, 0.2) is 11.9 Å². The lowest BCUT2D eigenvalue weighted by Gasteiger charge is -2.68. The number of hydrogen-bond donors (Lipinski definition) is 2.